The molecule has 0 saturated carbocycles. The third-order valence-corrected chi connectivity index (χ3v) is 2.76. The minimum absolute atomic E-state index is 0.0677. The molecule has 0 aliphatic carbocycles. The van der Waals surface area contributed by atoms with Crippen LogP contribution in [-0.4, -0.2) is 24.7 Å². The van der Waals surface area contributed by atoms with Gasteiger partial charge in [-0.15, -0.1) is 0 Å². The fourth-order valence-electron chi connectivity index (χ4n) is 1.63. The molecule has 5 nitrogen and oxygen atoms in total. The predicted octanol–water partition coefficient (Wildman–Crippen LogP) is 2.18. The number of nitro benzene ring substituents is 1. The van der Waals surface area contributed by atoms with Gasteiger partial charge in [0, 0.05) is 29.8 Å². The fourth-order valence-corrected chi connectivity index (χ4v) is 1.63. The summed E-state index contributed by atoms with van der Waals surface area (Å²) in [6.45, 7) is 4.07. The summed E-state index contributed by atoms with van der Waals surface area (Å²) in [6.07, 6.45) is 0. The molecule has 0 bridgehead atoms. The summed E-state index contributed by atoms with van der Waals surface area (Å²) in [5.74, 6) is -0.824. The van der Waals surface area contributed by atoms with Gasteiger partial charge in [-0.2, -0.15) is 4.39 Å². The van der Waals surface area contributed by atoms with Crippen molar-refractivity contribution in [3.05, 3.63) is 34.1 Å². The fraction of sp³-hybridized carbons (Fsp3) is 0.455. The van der Waals surface area contributed by atoms with Crippen LogP contribution in [0.5, 0.6) is 0 Å². The van der Waals surface area contributed by atoms with Gasteiger partial charge in [0.05, 0.1) is 18.1 Å². The number of halogens is 1. The van der Waals surface area contributed by atoms with Gasteiger partial charge < -0.3 is 10.1 Å². The first-order valence-corrected chi connectivity index (χ1v) is 5.26. The maximum absolute atomic E-state index is 13.3. The molecule has 1 heterocycles. The van der Waals surface area contributed by atoms with Gasteiger partial charge in [-0.05, 0) is 6.07 Å². The monoisotopic (exact) mass is 240 g/mol. The largest absolute Gasteiger partial charge is 0.384 e. The molecule has 6 heteroatoms. The topological polar surface area (TPSA) is 64.4 Å². The van der Waals surface area contributed by atoms with Crippen LogP contribution in [-0.2, 0) is 4.74 Å². The van der Waals surface area contributed by atoms with Crippen molar-refractivity contribution in [3.8, 4) is 0 Å². The van der Waals surface area contributed by atoms with Crippen LogP contribution in [0, 0.1) is 21.3 Å². The predicted molar refractivity (Wildman–Crippen MR) is 60.5 cm³/mol. The van der Waals surface area contributed by atoms with Crippen molar-refractivity contribution in [3.63, 3.8) is 0 Å². The van der Waals surface area contributed by atoms with E-state index in [-0.39, 0.29) is 5.41 Å². The maximum Gasteiger partial charge on any atom is 0.304 e. The number of ether oxygens (including phenoxy) is 1. The first kappa shape index (κ1) is 11.8. The summed E-state index contributed by atoms with van der Waals surface area (Å²) >= 11 is 0. The normalized spacial score (nSPS) is 17.3. The minimum Gasteiger partial charge on any atom is -0.384 e. The molecule has 0 radical (unpaired) electrons. The molecule has 1 aromatic carbocycles. The Bertz CT molecular complexity index is 446. The van der Waals surface area contributed by atoms with E-state index in [0.29, 0.717) is 25.4 Å². The van der Waals surface area contributed by atoms with Crippen molar-refractivity contribution in [2.45, 2.75) is 6.92 Å². The maximum atomic E-state index is 13.3. The van der Waals surface area contributed by atoms with Gasteiger partial charge in [0.1, 0.15) is 0 Å². The molecule has 1 N–H and O–H groups in total. The van der Waals surface area contributed by atoms with Gasteiger partial charge in [-0.1, -0.05) is 6.92 Å². The summed E-state index contributed by atoms with van der Waals surface area (Å²) < 4.78 is 18.4. The highest BCUT2D eigenvalue weighted by atomic mass is 19.1. The molecule has 1 aromatic rings. The molecule has 17 heavy (non-hydrogen) atoms. The Morgan fingerprint density at radius 1 is 1.59 bits per heavy atom. The lowest BCUT2D eigenvalue weighted by molar-refractivity contribution is -0.387. The summed E-state index contributed by atoms with van der Waals surface area (Å²) in [5, 5.41) is 13.5. The van der Waals surface area contributed by atoms with Crippen LogP contribution in [0.2, 0.25) is 0 Å². The lowest BCUT2D eigenvalue weighted by atomic mass is 9.89. The van der Waals surface area contributed by atoms with Crippen LogP contribution < -0.4 is 5.32 Å². The highest BCUT2D eigenvalue weighted by Gasteiger charge is 2.33. The highest BCUT2D eigenvalue weighted by Crippen LogP contribution is 2.27. The van der Waals surface area contributed by atoms with Crippen molar-refractivity contribution in [1.29, 1.82) is 0 Å². The smallest absolute Gasteiger partial charge is 0.304 e. The first-order chi connectivity index (χ1) is 8.00. The molecule has 92 valence electrons. The number of hydrogen-bond acceptors (Lipinski definition) is 4. The number of anilines is 1. The Balaban J connectivity index is 2.02. The van der Waals surface area contributed by atoms with Crippen LogP contribution in [0.3, 0.4) is 0 Å². The van der Waals surface area contributed by atoms with E-state index in [9.17, 15) is 14.5 Å². The minimum atomic E-state index is -0.824. The standard InChI is InChI=1S/C11H13FN2O3/c1-11(6-17-7-11)5-13-8-2-3-10(14(15)16)9(12)4-8/h2-4,13H,5-7H2,1H3. The van der Waals surface area contributed by atoms with Crippen LogP contribution >= 0.6 is 0 Å². The van der Waals surface area contributed by atoms with Gasteiger partial charge >= 0.3 is 5.69 Å². The number of hydrogen-bond donors (Lipinski definition) is 1. The number of benzene rings is 1. The first-order valence-electron chi connectivity index (χ1n) is 5.26. The molecule has 2 rings (SSSR count). The van der Waals surface area contributed by atoms with Crippen LogP contribution in [0.1, 0.15) is 6.92 Å². The molecule has 1 aliphatic rings. The van der Waals surface area contributed by atoms with Crippen LogP contribution in [0.15, 0.2) is 18.2 Å². The van der Waals surface area contributed by atoms with E-state index < -0.39 is 16.4 Å². The number of nitrogens with zero attached hydrogens (tertiary/aromatic N) is 1. The average Bonchev–Trinajstić information content (AvgIpc) is 2.23. The Hall–Kier alpha value is -1.69. The zero-order chi connectivity index (χ0) is 12.5. The third-order valence-electron chi connectivity index (χ3n) is 2.76. The molecule has 1 saturated heterocycles. The second-order valence-electron chi connectivity index (χ2n) is 4.58. The molecule has 1 fully saturated rings. The third kappa shape index (κ3) is 2.52. The molecule has 0 spiro atoms. The highest BCUT2D eigenvalue weighted by molar-refractivity contribution is 5.49. The van der Waals surface area contributed by atoms with Crippen molar-refractivity contribution in [1.82, 2.24) is 0 Å². The van der Waals surface area contributed by atoms with Crippen molar-refractivity contribution < 1.29 is 14.1 Å². The Morgan fingerprint density at radius 3 is 2.76 bits per heavy atom. The summed E-state index contributed by atoms with van der Waals surface area (Å²) in [7, 11) is 0. The average molecular weight is 240 g/mol. The molecule has 0 aromatic heterocycles. The van der Waals surface area contributed by atoms with Crippen molar-refractivity contribution in [2.75, 3.05) is 25.1 Å². The molecule has 1 aliphatic heterocycles. The summed E-state index contributed by atoms with van der Waals surface area (Å²) in [6, 6.07) is 3.81. The van der Waals surface area contributed by atoms with Crippen LogP contribution in [0.25, 0.3) is 0 Å². The quantitative estimate of drug-likeness (QED) is 0.647. The van der Waals surface area contributed by atoms with E-state index in [1.54, 1.807) is 0 Å². The van der Waals surface area contributed by atoms with Gasteiger partial charge in [0.25, 0.3) is 0 Å². The van der Waals surface area contributed by atoms with E-state index in [1.807, 2.05) is 0 Å². The van der Waals surface area contributed by atoms with E-state index in [1.165, 1.54) is 6.07 Å². The Morgan fingerprint density at radius 2 is 2.29 bits per heavy atom. The van der Waals surface area contributed by atoms with Gasteiger partial charge in [0.2, 0.25) is 5.82 Å². The Kier molecular flexibility index (Phi) is 2.97. The van der Waals surface area contributed by atoms with Gasteiger partial charge in [-0.3, -0.25) is 10.1 Å². The number of rotatable bonds is 4. The number of nitro groups is 1. The molecular weight excluding hydrogens is 227 g/mol. The van der Waals surface area contributed by atoms with Crippen molar-refractivity contribution >= 4 is 11.4 Å². The summed E-state index contributed by atoms with van der Waals surface area (Å²) in [4.78, 5) is 9.70. The summed E-state index contributed by atoms with van der Waals surface area (Å²) in [5.41, 5.74) is 0.105. The van der Waals surface area contributed by atoms with Crippen LogP contribution in [0.4, 0.5) is 15.8 Å². The molecule has 0 amide bonds. The van der Waals surface area contributed by atoms with E-state index in [0.717, 1.165) is 12.1 Å². The zero-order valence-corrected chi connectivity index (χ0v) is 9.40. The van der Waals surface area contributed by atoms with E-state index in [2.05, 4.69) is 12.2 Å². The molecule has 0 atom stereocenters. The molecular formula is C11H13FN2O3. The number of nitrogens with one attached hydrogen (secondary N) is 1. The molecule has 0 unspecified atom stereocenters. The second-order valence-corrected chi connectivity index (χ2v) is 4.58. The van der Waals surface area contributed by atoms with Gasteiger partial charge in [0.15, 0.2) is 0 Å². The van der Waals surface area contributed by atoms with Gasteiger partial charge in [-0.25, -0.2) is 0 Å². The Labute approximate surface area is 97.7 Å². The lowest BCUT2D eigenvalue weighted by Crippen LogP contribution is -2.45. The second kappa shape index (κ2) is 4.29. The SMILES string of the molecule is CC1(CNc2ccc([N+](=O)[O-])c(F)c2)COC1. The lowest BCUT2D eigenvalue weighted by Gasteiger charge is -2.38. The van der Waals surface area contributed by atoms with E-state index >= 15 is 0 Å². The van der Waals surface area contributed by atoms with E-state index in [4.69, 9.17) is 4.74 Å². The van der Waals surface area contributed by atoms with Crippen molar-refractivity contribution in [2.24, 2.45) is 5.41 Å². The zero-order valence-electron chi connectivity index (χ0n) is 9.40.